The Balaban J connectivity index is 2.07. The van der Waals surface area contributed by atoms with E-state index in [9.17, 15) is 9.90 Å². The Hall–Kier alpha value is -1.85. The van der Waals surface area contributed by atoms with Crippen molar-refractivity contribution in [1.82, 2.24) is 10.3 Å². The predicted molar refractivity (Wildman–Crippen MR) is 83.9 cm³/mol. The number of hydrogen-bond donors (Lipinski definition) is 4. The molecule has 5 N–H and O–H groups in total. The summed E-state index contributed by atoms with van der Waals surface area (Å²) in [5.41, 5.74) is 7.45. The maximum Gasteiger partial charge on any atom is 0.237 e. The van der Waals surface area contributed by atoms with Gasteiger partial charge in [-0.3, -0.25) is 4.79 Å². The molecule has 0 saturated heterocycles. The minimum atomic E-state index is -0.637. The molecule has 1 heterocycles. The van der Waals surface area contributed by atoms with E-state index in [0.29, 0.717) is 12.8 Å². The summed E-state index contributed by atoms with van der Waals surface area (Å²) in [4.78, 5) is 15.4. The number of nitrogens with one attached hydrogen (secondary N) is 2. The van der Waals surface area contributed by atoms with Gasteiger partial charge in [0.1, 0.15) is 0 Å². The van der Waals surface area contributed by atoms with Crippen molar-refractivity contribution < 1.29 is 9.90 Å². The average Bonchev–Trinajstić information content (AvgIpc) is 2.90. The van der Waals surface area contributed by atoms with Gasteiger partial charge in [0.2, 0.25) is 5.91 Å². The molecule has 21 heavy (non-hydrogen) atoms. The van der Waals surface area contributed by atoms with Crippen molar-refractivity contribution in [2.75, 3.05) is 6.61 Å². The number of aliphatic hydroxyl groups excluding tert-OH is 1. The lowest BCUT2D eigenvalue weighted by molar-refractivity contribution is -0.124. The molecule has 0 aliphatic heterocycles. The van der Waals surface area contributed by atoms with E-state index in [1.165, 1.54) is 0 Å². The molecule has 1 amide bonds. The third-order valence-corrected chi connectivity index (χ3v) is 4.01. The van der Waals surface area contributed by atoms with E-state index in [4.69, 9.17) is 5.73 Å². The summed E-state index contributed by atoms with van der Waals surface area (Å²) in [6, 6.07) is 7.29. The molecule has 2 atom stereocenters. The lowest BCUT2D eigenvalue weighted by Gasteiger charge is -2.28. The first kappa shape index (κ1) is 15.5. The smallest absolute Gasteiger partial charge is 0.237 e. The van der Waals surface area contributed by atoms with Gasteiger partial charge in [0.05, 0.1) is 18.2 Å². The molecule has 1 aromatic heterocycles. The van der Waals surface area contributed by atoms with Crippen LogP contribution in [0.3, 0.4) is 0 Å². The Kier molecular flexibility index (Phi) is 4.65. The molecule has 0 aliphatic carbocycles. The fourth-order valence-electron chi connectivity index (χ4n) is 2.26. The Morgan fingerprint density at radius 2 is 2.19 bits per heavy atom. The Morgan fingerprint density at radius 3 is 2.86 bits per heavy atom. The highest BCUT2D eigenvalue weighted by molar-refractivity contribution is 5.86. The zero-order chi connectivity index (χ0) is 15.5. The predicted octanol–water partition coefficient (Wildman–Crippen LogP) is 1.31. The molecule has 1 aromatic carbocycles. The van der Waals surface area contributed by atoms with Crippen molar-refractivity contribution in [3.8, 4) is 0 Å². The van der Waals surface area contributed by atoms with Gasteiger partial charge in [-0.05, 0) is 31.4 Å². The van der Waals surface area contributed by atoms with Crippen molar-refractivity contribution in [2.45, 2.75) is 38.3 Å². The van der Waals surface area contributed by atoms with Crippen molar-refractivity contribution in [3.63, 3.8) is 0 Å². The number of hydrogen-bond acceptors (Lipinski definition) is 3. The third kappa shape index (κ3) is 3.43. The number of para-hydroxylation sites is 1. The van der Waals surface area contributed by atoms with Crippen molar-refractivity contribution in [1.29, 1.82) is 0 Å². The highest BCUT2D eigenvalue weighted by Gasteiger charge is 2.26. The summed E-state index contributed by atoms with van der Waals surface area (Å²) in [5.74, 6) is -0.237. The maximum atomic E-state index is 12.2. The first-order valence-corrected chi connectivity index (χ1v) is 7.22. The van der Waals surface area contributed by atoms with Crippen LogP contribution in [-0.2, 0) is 11.2 Å². The minimum Gasteiger partial charge on any atom is -0.394 e. The minimum absolute atomic E-state index is 0.102. The maximum absolute atomic E-state index is 12.2. The molecule has 114 valence electrons. The Morgan fingerprint density at radius 1 is 1.48 bits per heavy atom. The van der Waals surface area contributed by atoms with E-state index in [-0.39, 0.29) is 12.5 Å². The number of H-pyrrole nitrogens is 1. The lowest BCUT2D eigenvalue weighted by Crippen LogP contribution is -2.54. The molecule has 0 bridgehead atoms. The molecule has 0 aliphatic rings. The van der Waals surface area contributed by atoms with E-state index >= 15 is 0 Å². The van der Waals surface area contributed by atoms with Crippen LogP contribution in [0.2, 0.25) is 0 Å². The number of aromatic nitrogens is 1. The van der Waals surface area contributed by atoms with E-state index in [1.54, 1.807) is 0 Å². The second kappa shape index (κ2) is 6.28. The van der Waals surface area contributed by atoms with Crippen LogP contribution < -0.4 is 11.1 Å². The number of aliphatic hydroxyl groups is 1. The van der Waals surface area contributed by atoms with Crippen LogP contribution in [0.4, 0.5) is 0 Å². The first-order valence-electron chi connectivity index (χ1n) is 7.22. The van der Waals surface area contributed by atoms with Gasteiger partial charge in [-0.1, -0.05) is 25.1 Å². The van der Waals surface area contributed by atoms with Crippen molar-refractivity contribution >= 4 is 16.8 Å². The largest absolute Gasteiger partial charge is 0.394 e. The Bertz CT molecular complexity index is 617. The standard InChI is InChI=1S/C16H23N3O2/c1-3-16(2,10-20)19-15(21)13(17)8-11-9-18-14-7-5-4-6-12(11)14/h4-7,9,13,18,20H,3,8,10,17H2,1-2H3,(H,19,21)/t13-,16?/m1/s1. The monoisotopic (exact) mass is 289 g/mol. The topological polar surface area (TPSA) is 91.1 Å². The first-order chi connectivity index (χ1) is 9.99. The second-order valence-corrected chi connectivity index (χ2v) is 5.73. The van der Waals surface area contributed by atoms with Crippen molar-refractivity contribution in [3.05, 3.63) is 36.0 Å². The SMILES string of the molecule is CCC(C)(CO)NC(=O)[C@H](N)Cc1c[nH]c2ccccc12. The Labute approximate surface area is 124 Å². The molecular formula is C16H23N3O2. The fraction of sp³-hybridized carbons (Fsp3) is 0.438. The zero-order valence-corrected chi connectivity index (χ0v) is 12.5. The molecule has 2 aromatic rings. The van der Waals surface area contributed by atoms with Crippen LogP contribution >= 0.6 is 0 Å². The summed E-state index contributed by atoms with van der Waals surface area (Å²) in [7, 11) is 0. The van der Waals surface area contributed by atoms with Gasteiger partial charge in [0.25, 0.3) is 0 Å². The molecular weight excluding hydrogens is 266 g/mol. The average molecular weight is 289 g/mol. The fourth-order valence-corrected chi connectivity index (χ4v) is 2.26. The molecule has 1 unspecified atom stereocenters. The van der Waals surface area contributed by atoms with Crippen LogP contribution in [0.1, 0.15) is 25.8 Å². The van der Waals surface area contributed by atoms with Gasteiger partial charge in [-0.2, -0.15) is 0 Å². The molecule has 0 saturated carbocycles. The van der Waals surface area contributed by atoms with Crippen molar-refractivity contribution in [2.24, 2.45) is 5.73 Å². The number of aromatic amines is 1. The molecule has 2 rings (SSSR count). The molecule has 0 spiro atoms. The zero-order valence-electron chi connectivity index (χ0n) is 12.5. The van der Waals surface area contributed by atoms with Gasteiger partial charge in [0.15, 0.2) is 0 Å². The van der Waals surface area contributed by atoms with E-state index in [0.717, 1.165) is 16.5 Å². The van der Waals surface area contributed by atoms with Crippen LogP contribution in [-0.4, -0.2) is 34.2 Å². The highest BCUT2D eigenvalue weighted by Crippen LogP contribution is 2.19. The van der Waals surface area contributed by atoms with Crippen LogP contribution in [0.25, 0.3) is 10.9 Å². The molecule has 0 radical (unpaired) electrons. The summed E-state index contributed by atoms with van der Waals surface area (Å²) >= 11 is 0. The van der Waals surface area contributed by atoms with Crippen LogP contribution in [0.15, 0.2) is 30.5 Å². The summed E-state index contributed by atoms with van der Waals surface area (Å²) < 4.78 is 0. The number of carbonyl (C=O) groups is 1. The highest BCUT2D eigenvalue weighted by atomic mass is 16.3. The quantitative estimate of drug-likeness (QED) is 0.646. The number of rotatable bonds is 6. The number of fused-ring (bicyclic) bond motifs is 1. The van der Waals surface area contributed by atoms with E-state index < -0.39 is 11.6 Å². The normalized spacial score (nSPS) is 15.6. The number of nitrogens with two attached hydrogens (primary N) is 1. The van der Waals surface area contributed by atoms with Gasteiger partial charge in [-0.25, -0.2) is 0 Å². The van der Waals surface area contributed by atoms with Gasteiger partial charge in [0, 0.05) is 17.1 Å². The summed E-state index contributed by atoms with van der Waals surface area (Å²) in [6.07, 6.45) is 3.00. The number of amides is 1. The van der Waals surface area contributed by atoms with Gasteiger partial charge >= 0.3 is 0 Å². The van der Waals surface area contributed by atoms with E-state index in [2.05, 4.69) is 10.3 Å². The molecule has 5 nitrogen and oxygen atoms in total. The van der Waals surface area contributed by atoms with Crippen LogP contribution in [0.5, 0.6) is 0 Å². The third-order valence-electron chi connectivity index (χ3n) is 4.01. The summed E-state index contributed by atoms with van der Waals surface area (Å²) in [5, 5.41) is 13.3. The summed E-state index contributed by atoms with van der Waals surface area (Å²) in [6.45, 7) is 3.63. The van der Waals surface area contributed by atoms with Gasteiger partial charge in [-0.15, -0.1) is 0 Å². The second-order valence-electron chi connectivity index (χ2n) is 5.73. The van der Waals surface area contributed by atoms with Gasteiger partial charge < -0.3 is 21.1 Å². The molecule has 5 heteroatoms. The lowest BCUT2D eigenvalue weighted by atomic mass is 9.98. The molecule has 0 fully saturated rings. The number of benzene rings is 1. The van der Waals surface area contributed by atoms with E-state index in [1.807, 2.05) is 44.3 Å². The number of carbonyl (C=O) groups excluding carboxylic acids is 1. The van der Waals surface area contributed by atoms with Crippen LogP contribution in [0, 0.1) is 0 Å².